The number of anilines is 1. The standard InChI is InChI=1S/C13H20N2O4S/c1-4-9(5-2)13(16)15-10-6-7-12(20(14,17)18)11(8-10)19-3/h6-9H,4-5H2,1-3H3,(H,15,16)(H2,14,17,18). The summed E-state index contributed by atoms with van der Waals surface area (Å²) in [4.78, 5) is 11.9. The van der Waals surface area contributed by atoms with E-state index in [0.29, 0.717) is 5.69 Å². The summed E-state index contributed by atoms with van der Waals surface area (Å²) in [7, 11) is -2.51. The quantitative estimate of drug-likeness (QED) is 0.835. The lowest BCUT2D eigenvalue weighted by molar-refractivity contribution is -0.120. The van der Waals surface area contributed by atoms with Gasteiger partial charge < -0.3 is 10.1 Å². The molecule has 0 bridgehead atoms. The van der Waals surface area contributed by atoms with Crippen LogP contribution in [-0.4, -0.2) is 21.4 Å². The van der Waals surface area contributed by atoms with E-state index in [9.17, 15) is 13.2 Å². The molecule has 0 aliphatic carbocycles. The second kappa shape index (κ2) is 6.71. The number of nitrogens with two attached hydrogens (primary N) is 1. The van der Waals surface area contributed by atoms with Crippen LogP contribution < -0.4 is 15.2 Å². The van der Waals surface area contributed by atoms with Crippen molar-refractivity contribution in [3.05, 3.63) is 18.2 Å². The zero-order chi connectivity index (χ0) is 15.3. The minimum atomic E-state index is -3.85. The number of amides is 1. The summed E-state index contributed by atoms with van der Waals surface area (Å²) in [5.74, 6) is -0.0610. The number of hydrogen-bond acceptors (Lipinski definition) is 4. The third-order valence-electron chi connectivity index (χ3n) is 3.09. The fraction of sp³-hybridized carbons (Fsp3) is 0.462. The molecule has 0 unspecified atom stereocenters. The number of nitrogens with one attached hydrogen (secondary N) is 1. The smallest absolute Gasteiger partial charge is 0.241 e. The highest BCUT2D eigenvalue weighted by molar-refractivity contribution is 7.89. The summed E-state index contributed by atoms with van der Waals surface area (Å²) >= 11 is 0. The number of methoxy groups -OCH3 is 1. The maximum absolute atomic E-state index is 12.0. The molecule has 1 rings (SSSR count). The highest BCUT2D eigenvalue weighted by Gasteiger charge is 2.18. The van der Waals surface area contributed by atoms with E-state index in [1.54, 1.807) is 0 Å². The molecule has 0 fully saturated rings. The third-order valence-corrected chi connectivity index (χ3v) is 4.04. The van der Waals surface area contributed by atoms with Crippen LogP contribution in [0, 0.1) is 5.92 Å². The highest BCUT2D eigenvalue weighted by atomic mass is 32.2. The summed E-state index contributed by atoms with van der Waals surface area (Å²) in [6, 6.07) is 4.25. The Hall–Kier alpha value is -1.60. The first kappa shape index (κ1) is 16.5. The van der Waals surface area contributed by atoms with Gasteiger partial charge in [0.15, 0.2) is 0 Å². The van der Waals surface area contributed by atoms with Crippen LogP contribution in [0.25, 0.3) is 0 Å². The Kier molecular flexibility index (Phi) is 5.52. The van der Waals surface area contributed by atoms with Crippen molar-refractivity contribution in [3.8, 4) is 5.75 Å². The van der Waals surface area contributed by atoms with E-state index in [4.69, 9.17) is 9.88 Å². The Labute approximate surface area is 119 Å². The highest BCUT2D eigenvalue weighted by Crippen LogP contribution is 2.26. The number of carbonyl (C=O) groups is 1. The SMILES string of the molecule is CCC(CC)C(=O)Nc1ccc(S(N)(=O)=O)c(OC)c1. The van der Waals surface area contributed by atoms with Crippen molar-refractivity contribution in [1.82, 2.24) is 0 Å². The molecule has 112 valence electrons. The van der Waals surface area contributed by atoms with Crippen LogP contribution in [-0.2, 0) is 14.8 Å². The third kappa shape index (κ3) is 3.94. The molecule has 0 saturated carbocycles. The fourth-order valence-corrected chi connectivity index (χ4v) is 2.56. The molecule has 1 aromatic carbocycles. The molecule has 1 amide bonds. The van der Waals surface area contributed by atoms with Crippen molar-refractivity contribution in [3.63, 3.8) is 0 Å². The van der Waals surface area contributed by atoms with Crippen molar-refractivity contribution in [2.24, 2.45) is 11.1 Å². The number of rotatable bonds is 6. The molecule has 0 radical (unpaired) electrons. The fourth-order valence-electron chi connectivity index (χ4n) is 1.88. The maximum atomic E-state index is 12.0. The largest absolute Gasteiger partial charge is 0.495 e. The van der Waals surface area contributed by atoms with Crippen LogP contribution >= 0.6 is 0 Å². The van der Waals surface area contributed by atoms with Gasteiger partial charge in [0.25, 0.3) is 0 Å². The van der Waals surface area contributed by atoms with Gasteiger partial charge in [-0.15, -0.1) is 0 Å². The summed E-state index contributed by atoms with van der Waals surface area (Å²) in [5, 5.41) is 7.82. The number of primary sulfonamides is 1. The van der Waals surface area contributed by atoms with Gasteiger partial charge in [-0.2, -0.15) is 0 Å². The van der Waals surface area contributed by atoms with Crippen molar-refractivity contribution in [1.29, 1.82) is 0 Å². The molecular formula is C13H20N2O4S. The topological polar surface area (TPSA) is 98.5 Å². The van der Waals surface area contributed by atoms with Crippen LogP contribution in [0.4, 0.5) is 5.69 Å². The van der Waals surface area contributed by atoms with E-state index >= 15 is 0 Å². The zero-order valence-corrected chi connectivity index (χ0v) is 12.7. The molecule has 7 heteroatoms. The molecular weight excluding hydrogens is 280 g/mol. The molecule has 0 aliphatic heterocycles. The van der Waals surface area contributed by atoms with E-state index in [0.717, 1.165) is 12.8 Å². The summed E-state index contributed by atoms with van der Waals surface area (Å²) in [5.41, 5.74) is 0.478. The van der Waals surface area contributed by atoms with Gasteiger partial charge in [-0.3, -0.25) is 4.79 Å². The molecule has 0 aliphatic rings. The van der Waals surface area contributed by atoms with Crippen LogP contribution in [0.2, 0.25) is 0 Å². The van der Waals surface area contributed by atoms with E-state index in [-0.39, 0.29) is 22.5 Å². The molecule has 0 heterocycles. The summed E-state index contributed by atoms with van der Waals surface area (Å²) < 4.78 is 27.7. The van der Waals surface area contributed by atoms with Gasteiger partial charge in [-0.25, -0.2) is 13.6 Å². The number of benzene rings is 1. The van der Waals surface area contributed by atoms with Crippen LogP contribution in [0.5, 0.6) is 5.75 Å². The number of sulfonamides is 1. The second-order valence-electron chi connectivity index (χ2n) is 4.41. The molecule has 0 saturated heterocycles. The van der Waals surface area contributed by atoms with E-state index in [1.807, 2.05) is 13.8 Å². The molecule has 0 aromatic heterocycles. The lowest BCUT2D eigenvalue weighted by Gasteiger charge is -2.14. The molecule has 6 nitrogen and oxygen atoms in total. The lowest BCUT2D eigenvalue weighted by Crippen LogP contribution is -2.21. The van der Waals surface area contributed by atoms with Gasteiger partial charge in [0.1, 0.15) is 10.6 Å². The normalized spacial score (nSPS) is 11.4. The van der Waals surface area contributed by atoms with Gasteiger partial charge in [-0.1, -0.05) is 13.8 Å². The van der Waals surface area contributed by atoms with E-state index in [1.165, 1.54) is 25.3 Å². The Morgan fingerprint density at radius 3 is 2.40 bits per heavy atom. The van der Waals surface area contributed by atoms with Crippen LogP contribution in [0.1, 0.15) is 26.7 Å². The van der Waals surface area contributed by atoms with E-state index < -0.39 is 10.0 Å². The molecule has 0 spiro atoms. The van der Waals surface area contributed by atoms with Crippen LogP contribution in [0.15, 0.2) is 23.1 Å². The Balaban J connectivity index is 3.03. The molecule has 3 N–H and O–H groups in total. The second-order valence-corrected chi connectivity index (χ2v) is 5.94. The van der Waals surface area contributed by atoms with E-state index in [2.05, 4.69) is 5.32 Å². The minimum absolute atomic E-state index is 0.0705. The van der Waals surface area contributed by atoms with Crippen LogP contribution in [0.3, 0.4) is 0 Å². The average molecular weight is 300 g/mol. The number of carbonyl (C=O) groups excluding carboxylic acids is 1. The first-order chi connectivity index (χ1) is 9.33. The Morgan fingerprint density at radius 2 is 1.95 bits per heavy atom. The monoisotopic (exact) mass is 300 g/mol. The van der Waals surface area contributed by atoms with Crippen molar-refractivity contribution >= 4 is 21.6 Å². The Morgan fingerprint density at radius 1 is 1.35 bits per heavy atom. The Bertz CT molecular complexity index is 580. The first-order valence-corrected chi connectivity index (χ1v) is 7.89. The zero-order valence-electron chi connectivity index (χ0n) is 11.8. The van der Waals surface area contributed by atoms with Gasteiger partial charge in [0.2, 0.25) is 15.9 Å². The average Bonchev–Trinajstić information content (AvgIpc) is 2.38. The van der Waals surface area contributed by atoms with Gasteiger partial charge in [0, 0.05) is 17.7 Å². The van der Waals surface area contributed by atoms with Crippen molar-refractivity contribution < 1.29 is 17.9 Å². The summed E-state index contributed by atoms with van der Waals surface area (Å²) in [6.45, 7) is 3.89. The molecule has 1 aromatic rings. The lowest BCUT2D eigenvalue weighted by atomic mass is 10.0. The predicted molar refractivity (Wildman–Crippen MR) is 77.1 cm³/mol. The van der Waals surface area contributed by atoms with Gasteiger partial charge >= 0.3 is 0 Å². The van der Waals surface area contributed by atoms with Crippen molar-refractivity contribution in [2.75, 3.05) is 12.4 Å². The molecule has 0 atom stereocenters. The van der Waals surface area contributed by atoms with Crippen molar-refractivity contribution in [2.45, 2.75) is 31.6 Å². The summed E-state index contributed by atoms with van der Waals surface area (Å²) in [6.07, 6.45) is 1.49. The number of ether oxygens (including phenoxy) is 1. The first-order valence-electron chi connectivity index (χ1n) is 6.35. The number of hydrogen-bond donors (Lipinski definition) is 2. The maximum Gasteiger partial charge on any atom is 0.241 e. The van der Waals surface area contributed by atoms with Gasteiger partial charge in [0.05, 0.1) is 7.11 Å². The van der Waals surface area contributed by atoms with Gasteiger partial charge in [-0.05, 0) is 25.0 Å². The molecule has 20 heavy (non-hydrogen) atoms. The predicted octanol–water partition coefficient (Wildman–Crippen LogP) is 1.72. The minimum Gasteiger partial charge on any atom is -0.495 e.